The first-order valence-electron chi connectivity index (χ1n) is 14.5. The summed E-state index contributed by atoms with van der Waals surface area (Å²) in [4.78, 5) is 65.7. The van der Waals surface area contributed by atoms with Crippen molar-refractivity contribution in [3.05, 3.63) is 54.1 Å². The summed E-state index contributed by atoms with van der Waals surface area (Å²) in [5, 5.41) is 7.64. The number of benzene rings is 2. The predicted octanol–water partition coefficient (Wildman–Crippen LogP) is 1.96. The summed E-state index contributed by atoms with van der Waals surface area (Å²) in [6.45, 7) is 0.247. The van der Waals surface area contributed by atoms with E-state index < -0.39 is 59.7 Å². The van der Waals surface area contributed by atoms with Gasteiger partial charge in [-0.2, -0.15) is 0 Å². The Kier molecular flexibility index (Phi) is 9.02. The van der Waals surface area contributed by atoms with Gasteiger partial charge in [-0.15, -0.1) is 0 Å². The highest BCUT2D eigenvalue weighted by Gasteiger charge is 2.50. The molecule has 3 fully saturated rings. The highest BCUT2D eigenvalue weighted by molar-refractivity contribution is 6.38. The summed E-state index contributed by atoms with van der Waals surface area (Å²) < 4.78 is 33.6. The Balaban J connectivity index is 1.28. The van der Waals surface area contributed by atoms with E-state index in [0.717, 1.165) is 12.8 Å². The predicted molar refractivity (Wildman–Crippen MR) is 150 cm³/mol. The van der Waals surface area contributed by atoms with Crippen molar-refractivity contribution >= 4 is 29.4 Å². The first-order chi connectivity index (χ1) is 20.7. The zero-order valence-electron chi connectivity index (χ0n) is 23.7. The number of Topliss-reactive ketones (excluding diaryl/α,β-unsaturated/α-hetero) is 1. The van der Waals surface area contributed by atoms with Gasteiger partial charge in [-0.25, -0.2) is 8.78 Å². The molecular formula is C31H34F2N4O6. The number of amides is 4. The summed E-state index contributed by atoms with van der Waals surface area (Å²) in [6.07, 6.45) is 2.89. The second-order valence-electron chi connectivity index (χ2n) is 11.3. The van der Waals surface area contributed by atoms with Crippen molar-refractivity contribution in [3.8, 4) is 16.9 Å². The fourth-order valence-corrected chi connectivity index (χ4v) is 6.48. The van der Waals surface area contributed by atoms with Crippen LogP contribution in [0.1, 0.15) is 32.1 Å². The zero-order valence-corrected chi connectivity index (χ0v) is 23.7. The fraction of sp³-hybridized carbons (Fsp3) is 0.452. The molecule has 2 heterocycles. The third-order valence-electron chi connectivity index (χ3n) is 8.71. The molecule has 1 saturated carbocycles. The van der Waals surface area contributed by atoms with Crippen LogP contribution in [0, 0.1) is 29.4 Å². The van der Waals surface area contributed by atoms with Gasteiger partial charge < -0.3 is 25.6 Å². The molecule has 0 bridgehead atoms. The van der Waals surface area contributed by atoms with E-state index in [0.29, 0.717) is 37.1 Å². The normalized spacial score (nSPS) is 23.3. The lowest BCUT2D eigenvalue weighted by Crippen LogP contribution is -2.55. The van der Waals surface area contributed by atoms with Crippen molar-refractivity contribution in [2.24, 2.45) is 17.8 Å². The first-order valence-corrected chi connectivity index (χ1v) is 14.5. The molecule has 228 valence electrons. The van der Waals surface area contributed by atoms with Crippen LogP contribution in [-0.4, -0.2) is 73.1 Å². The molecule has 5 atom stereocenters. The van der Waals surface area contributed by atoms with Gasteiger partial charge in [0.15, 0.2) is 18.2 Å². The minimum atomic E-state index is -1.23. The molecule has 43 heavy (non-hydrogen) atoms. The van der Waals surface area contributed by atoms with E-state index in [-0.39, 0.29) is 29.9 Å². The number of fused-ring (bicyclic) bond motifs is 1. The molecule has 4 amide bonds. The molecule has 3 aliphatic rings. The average Bonchev–Trinajstić information content (AvgIpc) is 3.72. The van der Waals surface area contributed by atoms with E-state index in [2.05, 4.69) is 16.0 Å². The monoisotopic (exact) mass is 596 g/mol. The number of carbonyl (C=O) groups excluding carboxylic acids is 5. The van der Waals surface area contributed by atoms with Crippen LogP contribution < -0.4 is 20.7 Å². The maximum Gasteiger partial charge on any atom is 0.289 e. The van der Waals surface area contributed by atoms with Crippen LogP contribution in [0.5, 0.6) is 5.75 Å². The number of likely N-dealkylation sites (tertiary alicyclic amines) is 1. The molecule has 2 saturated heterocycles. The standard InChI is InChI=1S/C31H34F2N4O6/c1-34-31(42)28(39)24(14-19-11-12-35-29(19)40)36-30(41)27-22-4-2-3-20(22)15-37(27)26(38)16-43-25-10-7-18(13-23(25)33)17-5-8-21(32)9-6-17/h5-10,13,19-20,22,24,27H,2-4,11-12,14-16H2,1H3,(H,34,42)(H,35,40)(H,36,41)/t19-,20-,22-,24-,27-/m0/s1. The van der Waals surface area contributed by atoms with Crippen LogP contribution in [0.25, 0.3) is 11.1 Å². The van der Waals surface area contributed by atoms with E-state index in [9.17, 15) is 32.8 Å². The minimum absolute atomic E-state index is 0.0328. The number of halogens is 2. The van der Waals surface area contributed by atoms with Gasteiger partial charge in [-0.1, -0.05) is 24.6 Å². The van der Waals surface area contributed by atoms with Crippen LogP contribution in [-0.2, 0) is 24.0 Å². The maximum absolute atomic E-state index is 14.9. The lowest BCUT2D eigenvalue weighted by Gasteiger charge is -2.29. The van der Waals surface area contributed by atoms with Gasteiger partial charge in [0, 0.05) is 26.1 Å². The van der Waals surface area contributed by atoms with Gasteiger partial charge in [0.25, 0.3) is 11.8 Å². The SMILES string of the molecule is CNC(=O)C(=O)[C@H](C[C@@H]1CCNC1=O)NC(=O)[C@@H]1[C@H]2CCC[C@H]2CN1C(=O)COc1ccc(-c2ccc(F)cc2)cc1F. The topological polar surface area (TPSA) is 134 Å². The van der Waals surface area contributed by atoms with Gasteiger partial charge >= 0.3 is 0 Å². The maximum atomic E-state index is 14.9. The number of rotatable bonds is 10. The molecule has 0 spiro atoms. The number of ether oxygens (including phenoxy) is 1. The molecule has 1 aliphatic carbocycles. The van der Waals surface area contributed by atoms with Crippen LogP contribution >= 0.6 is 0 Å². The molecule has 2 aromatic rings. The number of hydrogen-bond donors (Lipinski definition) is 3. The molecule has 5 rings (SSSR count). The highest BCUT2D eigenvalue weighted by Crippen LogP contribution is 2.42. The molecule has 3 N–H and O–H groups in total. The summed E-state index contributed by atoms with van der Waals surface area (Å²) in [5.41, 5.74) is 1.12. The number of ketones is 1. The van der Waals surface area contributed by atoms with Gasteiger partial charge in [-0.3, -0.25) is 24.0 Å². The van der Waals surface area contributed by atoms with E-state index in [4.69, 9.17) is 4.74 Å². The van der Waals surface area contributed by atoms with E-state index >= 15 is 0 Å². The molecular weight excluding hydrogens is 562 g/mol. The number of nitrogens with zero attached hydrogens (tertiary/aromatic N) is 1. The van der Waals surface area contributed by atoms with Crippen LogP contribution in [0.3, 0.4) is 0 Å². The van der Waals surface area contributed by atoms with Crippen LogP contribution in [0.4, 0.5) is 8.78 Å². The van der Waals surface area contributed by atoms with Gasteiger partial charge in [0.05, 0.1) is 6.04 Å². The fourth-order valence-electron chi connectivity index (χ4n) is 6.48. The Hall–Kier alpha value is -4.35. The minimum Gasteiger partial charge on any atom is -0.481 e. The van der Waals surface area contributed by atoms with Crippen molar-refractivity contribution < 1.29 is 37.5 Å². The van der Waals surface area contributed by atoms with E-state index in [1.54, 1.807) is 6.07 Å². The van der Waals surface area contributed by atoms with Gasteiger partial charge in [-0.05, 0) is 72.9 Å². The summed E-state index contributed by atoms with van der Waals surface area (Å²) in [5.74, 6) is -4.92. The Morgan fingerprint density at radius 1 is 1.05 bits per heavy atom. The third-order valence-corrected chi connectivity index (χ3v) is 8.71. The van der Waals surface area contributed by atoms with Crippen LogP contribution in [0.2, 0.25) is 0 Å². The Morgan fingerprint density at radius 2 is 1.79 bits per heavy atom. The van der Waals surface area contributed by atoms with Crippen molar-refractivity contribution in [2.45, 2.75) is 44.2 Å². The number of hydrogen-bond acceptors (Lipinski definition) is 6. The number of carbonyl (C=O) groups is 5. The zero-order chi connectivity index (χ0) is 30.7. The quantitative estimate of drug-likeness (QED) is 0.359. The van der Waals surface area contributed by atoms with E-state index in [1.807, 2.05) is 0 Å². The van der Waals surface area contributed by atoms with Gasteiger partial charge in [0.2, 0.25) is 17.6 Å². The Labute approximate surface area is 247 Å². The number of nitrogens with one attached hydrogen (secondary N) is 3. The van der Waals surface area contributed by atoms with Crippen molar-refractivity contribution in [3.63, 3.8) is 0 Å². The second kappa shape index (κ2) is 12.9. The van der Waals surface area contributed by atoms with Crippen LogP contribution in [0.15, 0.2) is 42.5 Å². The highest BCUT2D eigenvalue weighted by atomic mass is 19.1. The lowest BCUT2D eigenvalue weighted by atomic mass is 9.91. The Bertz CT molecular complexity index is 1420. The van der Waals surface area contributed by atoms with Crippen molar-refractivity contribution in [1.29, 1.82) is 0 Å². The molecule has 0 unspecified atom stereocenters. The largest absolute Gasteiger partial charge is 0.481 e. The molecule has 10 nitrogen and oxygen atoms in total. The molecule has 0 aromatic heterocycles. The van der Waals surface area contributed by atoms with Crippen molar-refractivity contribution in [2.75, 3.05) is 26.7 Å². The molecule has 0 radical (unpaired) electrons. The Morgan fingerprint density at radius 3 is 2.47 bits per heavy atom. The average molecular weight is 597 g/mol. The summed E-state index contributed by atoms with van der Waals surface area (Å²) in [7, 11) is 1.31. The second-order valence-corrected chi connectivity index (χ2v) is 11.3. The molecule has 2 aliphatic heterocycles. The van der Waals surface area contributed by atoms with Crippen molar-refractivity contribution in [1.82, 2.24) is 20.9 Å². The number of likely N-dealkylation sites (N-methyl/N-ethyl adjacent to an activating group) is 1. The smallest absolute Gasteiger partial charge is 0.289 e. The lowest BCUT2D eigenvalue weighted by molar-refractivity contribution is -0.143. The summed E-state index contributed by atoms with van der Waals surface area (Å²) in [6, 6.07) is 7.69. The van der Waals surface area contributed by atoms with E-state index in [1.165, 1.54) is 48.3 Å². The summed E-state index contributed by atoms with van der Waals surface area (Å²) >= 11 is 0. The molecule has 2 aromatic carbocycles. The first kappa shape index (κ1) is 30.1. The van der Waals surface area contributed by atoms with Gasteiger partial charge in [0.1, 0.15) is 11.9 Å². The molecule has 12 heteroatoms. The third kappa shape index (κ3) is 6.52.